The summed E-state index contributed by atoms with van der Waals surface area (Å²) in [4.78, 5) is 12.5. The van der Waals surface area contributed by atoms with Crippen molar-refractivity contribution in [3.05, 3.63) is 78.2 Å². The predicted molar refractivity (Wildman–Crippen MR) is 99.9 cm³/mol. The van der Waals surface area contributed by atoms with Gasteiger partial charge in [-0.3, -0.25) is 9.89 Å². The number of benzene rings is 2. The summed E-state index contributed by atoms with van der Waals surface area (Å²) in [5.41, 5.74) is 3.69. The highest BCUT2D eigenvalue weighted by atomic mass is 16.1. The van der Waals surface area contributed by atoms with E-state index < -0.39 is 0 Å². The summed E-state index contributed by atoms with van der Waals surface area (Å²) in [5, 5.41) is 15.5. The van der Waals surface area contributed by atoms with Crippen molar-refractivity contribution < 1.29 is 4.79 Å². The molecule has 1 unspecified atom stereocenters. The second-order valence-corrected chi connectivity index (χ2v) is 6.23. The molecule has 0 bridgehead atoms. The van der Waals surface area contributed by atoms with Gasteiger partial charge >= 0.3 is 0 Å². The molecule has 0 spiro atoms. The molecule has 4 rings (SSSR count). The van der Waals surface area contributed by atoms with Crippen LogP contribution >= 0.6 is 0 Å². The fourth-order valence-corrected chi connectivity index (χ4v) is 3.04. The number of fused-ring (bicyclic) bond motifs is 1. The summed E-state index contributed by atoms with van der Waals surface area (Å²) in [5.74, 6) is -0.0450. The van der Waals surface area contributed by atoms with Gasteiger partial charge in [-0.25, -0.2) is 4.68 Å². The van der Waals surface area contributed by atoms with Crippen molar-refractivity contribution in [1.29, 1.82) is 0 Å². The van der Waals surface area contributed by atoms with Crippen LogP contribution in [0, 0.1) is 0 Å². The minimum atomic E-state index is -0.104. The van der Waals surface area contributed by atoms with Gasteiger partial charge in [-0.05, 0) is 36.8 Å². The Morgan fingerprint density at radius 1 is 1.19 bits per heavy atom. The summed E-state index contributed by atoms with van der Waals surface area (Å²) < 4.78 is 1.80. The van der Waals surface area contributed by atoms with Crippen molar-refractivity contribution in [2.75, 3.05) is 0 Å². The number of nitrogens with zero attached hydrogens (tertiary/aromatic N) is 3. The summed E-state index contributed by atoms with van der Waals surface area (Å²) >= 11 is 0. The maximum atomic E-state index is 12.5. The third-order valence-corrected chi connectivity index (χ3v) is 4.39. The summed E-state index contributed by atoms with van der Waals surface area (Å²) in [7, 11) is 0. The Morgan fingerprint density at radius 2 is 2.08 bits per heavy atom. The molecule has 1 atom stereocenters. The molecule has 26 heavy (non-hydrogen) atoms. The van der Waals surface area contributed by atoms with Gasteiger partial charge in [-0.15, -0.1) is 0 Å². The molecular weight excluding hydrogens is 326 g/mol. The lowest BCUT2D eigenvalue weighted by molar-refractivity contribution is -0.121. The van der Waals surface area contributed by atoms with Gasteiger partial charge in [-0.1, -0.05) is 30.3 Å². The molecule has 130 valence electrons. The van der Waals surface area contributed by atoms with E-state index in [-0.39, 0.29) is 18.4 Å². The van der Waals surface area contributed by atoms with Gasteiger partial charge in [0.2, 0.25) is 5.91 Å². The first kappa shape index (κ1) is 16.1. The van der Waals surface area contributed by atoms with Crippen LogP contribution in [0.4, 0.5) is 0 Å². The Balaban J connectivity index is 1.47. The van der Waals surface area contributed by atoms with E-state index in [0.717, 1.165) is 27.8 Å². The molecule has 2 aromatic carbocycles. The molecule has 0 fully saturated rings. The summed E-state index contributed by atoms with van der Waals surface area (Å²) in [6, 6.07) is 17.5. The Bertz CT molecular complexity index is 1040. The number of hydrogen-bond donors (Lipinski definition) is 2. The number of aromatic amines is 1. The normalized spacial score (nSPS) is 12.2. The first-order chi connectivity index (χ1) is 12.7. The lowest BCUT2D eigenvalue weighted by atomic mass is 10.1. The lowest BCUT2D eigenvalue weighted by Crippen LogP contribution is -2.28. The first-order valence-corrected chi connectivity index (χ1v) is 8.52. The number of H-pyrrole nitrogens is 1. The maximum Gasteiger partial charge on any atom is 0.226 e. The number of carbonyl (C=O) groups excluding carboxylic acids is 1. The van der Waals surface area contributed by atoms with E-state index in [1.165, 1.54) is 0 Å². The molecule has 0 saturated heterocycles. The van der Waals surface area contributed by atoms with Crippen LogP contribution in [0.15, 0.2) is 67.0 Å². The lowest BCUT2D eigenvalue weighted by Gasteiger charge is -2.15. The number of amides is 1. The Labute approximate surface area is 150 Å². The topological polar surface area (TPSA) is 75.6 Å². The van der Waals surface area contributed by atoms with E-state index in [9.17, 15) is 4.79 Å². The fraction of sp³-hybridized carbons (Fsp3) is 0.150. The largest absolute Gasteiger partial charge is 0.349 e. The molecule has 1 amide bonds. The average Bonchev–Trinajstić information content (AvgIpc) is 3.32. The second-order valence-electron chi connectivity index (χ2n) is 6.23. The van der Waals surface area contributed by atoms with Crippen molar-refractivity contribution in [3.8, 4) is 5.69 Å². The SMILES string of the molecule is CC(NC(=O)Cc1[nH]nc2ccccc12)c1cccc(-n2cccn2)c1. The maximum absolute atomic E-state index is 12.5. The zero-order chi connectivity index (χ0) is 17.9. The Kier molecular flexibility index (Phi) is 4.23. The number of carbonyl (C=O) groups is 1. The van der Waals surface area contributed by atoms with E-state index in [2.05, 4.69) is 20.6 Å². The highest BCUT2D eigenvalue weighted by molar-refractivity contribution is 5.87. The van der Waals surface area contributed by atoms with Crippen molar-refractivity contribution in [3.63, 3.8) is 0 Å². The van der Waals surface area contributed by atoms with Crippen LogP contribution < -0.4 is 5.32 Å². The Morgan fingerprint density at radius 3 is 2.92 bits per heavy atom. The van der Waals surface area contributed by atoms with Crippen LogP contribution in [-0.2, 0) is 11.2 Å². The molecule has 2 N–H and O–H groups in total. The van der Waals surface area contributed by atoms with Gasteiger partial charge in [0.1, 0.15) is 0 Å². The Hall–Kier alpha value is -3.41. The smallest absolute Gasteiger partial charge is 0.226 e. The predicted octanol–water partition coefficient (Wildman–Crippen LogP) is 3.17. The molecule has 6 nitrogen and oxygen atoms in total. The third kappa shape index (κ3) is 3.21. The molecule has 0 saturated carbocycles. The number of rotatable bonds is 5. The molecule has 2 aromatic heterocycles. The number of nitrogens with one attached hydrogen (secondary N) is 2. The standard InChI is InChI=1S/C20H19N5O/c1-14(15-6-4-7-16(12-15)25-11-5-10-21-25)22-20(26)13-19-17-8-2-3-9-18(17)23-24-19/h2-12,14H,13H2,1H3,(H,22,26)(H,23,24). The number of aromatic nitrogens is 4. The zero-order valence-corrected chi connectivity index (χ0v) is 14.4. The van der Waals surface area contributed by atoms with Gasteiger partial charge in [-0.2, -0.15) is 10.2 Å². The monoisotopic (exact) mass is 345 g/mol. The number of para-hydroxylation sites is 1. The van der Waals surface area contributed by atoms with Gasteiger partial charge < -0.3 is 5.32 Å². The van der Waals surface area contributed by atoms with Gasteiger partial charge in [0.15, 0.2) is 0 Å². The van der Waals surface area contributed by atoms with E-state index in [4.69, 9.17) is 0 Å². The van der Waals surface area contributed by atoms with E-state index in [0.29, 0.717) is 0 Å². The van der Waals surface area contributed by atoms with E-state index >= 15 is 0 Å². The van der Waals surface area contributed by atoms with Crippen LogP contribution in [0.1, 0.15) is 24.2 Å². The van der Waals surface area contributed by atoms with Crippen LogP contribution in [0.25, 0.3) is 16.6 Å². The van der Waals surface area contributed by atoms with Gasteiger partial charge in [0.25, 0.3) is 0 Å². The molecule has 6 heteroatoms. The second kappa shape index (κ2) is 6.84. The van der Waals surface area contributed by atoms with Crippen LogP contribution in [0.3, 0.4) is 0 Å². The average molecular weight is 345 g/mol. The minimum Gasteiger partial charge on any atom is -0.349 e. The highest BCUT2D eigenvalue weighted by Gasteiger charge is 2.13. The van der Waals surface area contributed by atoms with Crippen molar-refractivity contribution in [2.45, 2.75) is 19.4 Å². The quantitative estimate of drug-likeness (QED) is 0.583. The van der Waals surface area contributed by atoms with E-state index in [1.54, 1.807) is 10.9 Å². The van der Waals surface area contributed by atoms with Crippen molar-refractivity contribution in [2.24, 2.45) is 0 Å². The minimum absolute atomic E-state index is 0.0450. The molecule has 2 heterocycles. The summed E-state index contributed by atoms with van der Waals surface area (Å²) in [6.07, 6.45) is 3.90. The highest BCUT2D eigenvalue weighted by Crippen LogP contribution is 2.18. The van der Waals surface area contributed by atoms with Crippen LogP contribution in [0.2, 0.25) is 0 Å². The third-order valence-electron chi connectivity index (χ3n) is 4.39. The van der Waals surface area contributed by atoms with Gasteiger partial charge in [0.05, 0.1) is 29.4 Å². The van der Waals surface area contributed by atoms with Gasteiger partial charge in [0, 0.05) is 17.8 Å². The van der Waals surface area contributed by atoms with Crippen LogP contribution in [0.5, 0.6) is 0 Å². The zero-order valence-electron chi connectivity index (χ0n) is 14.4. The molecule has 0 aliphatic carbocycles. The first-order valence-electron chi connectivity index (χ1n) is 8.52. The molecular formula is C20H19N5O. The molecule has 0 aliphatic rings. The van der Waals surface area contributed by atoms with Crippen LogP contribution in [-0.4, -0.2) is 25.9 Å². The van der Waals surface area contributed by atoms with Crippen molar-refractivity contribution in [1.82, 2.24) is 25.3 Å². The molecule has 0 radical (unpaired) electrons. The number of hydrogen-bond acceptors (Lipinski definition) is 3. The van der Waals surface area contributed by atoms with E-state index in [1.807, 2.05) is 67.7 Å². The molecule has 0 aliphatic heterocycles. The molecule has 4 aromatic rings. The fourth-order valence-electron chi connectivity index (χ4n) is 3.04. The summed E-state index contributed by atoms with van der Waals surface area (Å²) in [6.45, 7) is 1.98. The van der Waals surface area contributed by atoms with Crippen molar-refractivity contribution >= 4 is 16.8 Å².